The van der Waals surface area contributed by atoms with Gasteiger partial charge >= 0.3 is 5.97 Å². The Kier molecular flexibility index (Phi) is 5.90. The molecule has 1 aliphatic rings. The first-order valence-electron chi connectivity index (χ1n) is 9.40. The Morgan fingerprint density at radius 1 is 1.16 bits per heavy atom. The van der Waals surface area contributed by atoms with Crippen molar-refractivity contribution in [2.24, 2.45) is 11.8 Å². The van der Waals surface area contributed by atoms with E-state index in [-0.39, 0.29) is 18.0 Å². The second kappa shape index (κ2) is 8.32. The highest BCUT2D eigenvalue weighted by atomic mass is 16.5. The molecule has 4 nitrogen and oxygen atoms in total. The number of hydrogen-bond donors (Lipinski definition) is 0. The van der Waals surface area contributed by atoms with Crippen molar-refractivity contribution in [1.29, 1.82) is 0 Å². The van der Waals surface area contributed by atoms with Crippen molar-refractivity contribution < 1.29 is 14.3 Å². The van der Waals surface area contributed by atoms with E-state index in [1.54, 1.807) is 6.20 Å². The summed E-state index contributed by atoms with van der Waals surface area (Å²) in [5.41, 5.74) is 0.960. The minimum Gasteiger partial charge on any atom is -0.490 e. The van der Waals surface area contributed by atoms with E-state index in [2.05, 4.69) is 18.0 Å². The molecule has 1 unspecified atom stereocenters. The maximum absolute atomic E-state index is 12.1. The van der Waals surface area contributed by atoms with Gasteiger partial charge in [0.05, 0.1) is 24.1 Å². The minimum absolute atomic E-state index is 0.0302. The van der Waals surface area contributed by atoms with Gasteiger partial charge in [-0.05, 0) is 63.1 Å². The van der Waals surface area contributed by atoms with Crippen LogP contribution in [0.5, 0.6) is 5.75 Å². The third-order valence-corrected chi connectivity index (χ3v) is 5.22. The van der Waals surface area contributed by atoms with Crippen molar-refractivity contribution in [2.75, 3.05) is 6.61 Å². The second-order valence-corrected chi connectivity index (χ2v) is 6.75. The number of nitrogens with zero attached hydrogens (tertiary/aromatic N) is 1. The predicted molar refractivity (Wildman–Crippen MR) is 98.5 cm³/mol. The van der Waals surface area contributed by atoms with Crippen LogP contribution >= 0.6 is 0 Å². The zero-order valence-corrected chi connectivity index (χ0v) is 15.1. The maximum atomic E-state index is 12.1. The molecule has 4 heteroatoms. The van der Waals surface area contributed by atoms with Crippen LogP contribution in [0.1, 0.15) is 46.0 Å². The van der Waals surface area contributed by atoms with Gasteiger partial charge in [0.1, 0.15) is 5.75 Å². The number of rotatable bonds is 6. The van der Waals surface area contributed by atoms with Crippen LogP contribution in [0.3, 0.4) is 0 Å². The van der Waals surface area contributed by atoms with Crippen LogP contribution in [-0.2, 0) is 9.53 Å². The SMILES string of the molecule is CCOC(=O)C(CC)C1CCC(Oc2ccnc3ccccc23)CC1. The lowest BCUT2D eigenvalue weighted by Gasteiger charge is -2.32. The van der Waals surface area contributed by atoms with E-state index in [4.69, 9.17) is 9.47 Å². The standard InChI is InChI=1S/C21H27NO3/c1-3-17(21(23)24-4-2)15-9-11-16(12-10-15)25-20-13-14-22-19-8-6-5-7-18(19)20/h5-8,13-17H,3-4,9-12H2,1-2H3. The summed E-state index contributed by atoms with van der Waals surface area (Å²) in [6.45, 7) is 4.41. The Morgan fingerprint density at radius 2 is 1.92 bits per heavy atom. The molecule has 1 heterocycles. The molecule has 1 saturated carbocycles. The fraction of sp³-hybridized carbons (Fsp3) is 0.524. The molecule has 25 heavy (non-hydrogen) atoms. The molecule has 1 aliphatic carbocycles. The average molecular weight is 341 g/mol. The molecule has 134 valence electrons. The summed E-state index contributed by atoms with van der Waals surface area (Å²) >= 11 is 0. The van der Waals surface area contributed by atoms with Gasteiger partial charge in [-0.1, -0.05) is 19.1 Å². The van der Waals surface area contributed by atoms with Gasteiger partial charge in [0.25, 0.3) is 0 Å². The number of carbonyl (C=O) groups is 1. The van der Waals surface area contributed by atoms with Crippen LogP contribution in [-0.4, -0.2) is 23.7 Å². The van der Waals surface area contributed by atoms with E-state index in [1.165, 1.54) is 0 Å². The molecule has 1 aromatic heterocycles. The second-order valence-electron chi connectivity index (χ2n) is 6.75. The summed E-state index contributed by atoms with van der Waals surface area (Å²) in [6.07, 6.45) is 6.87. The lowest BCUT2D eigenvalue weighted by Crippen LogP contribution is -2.32. The number of hydrogen-bond acceptors (Lipinski definition) is 4. The van der Waals surface area contributed by atoms with Crippen molar-refractivity contribution >= 4 is 16.9 Å². The Hall–Kier alpha value is -2.10. The highest BCUT2D eigenvalue weighted by molar-refractivity contribution is 5.84. The first-order valence-corrected chi connectivity index (χ1v) is 9.40. The molecular weight excluding hydrogens is 314 g/mol. The van der Waals surface area contributed by atoms with Crippen LogP contribution in [0.25, 0.3) is 10.9 Å². The highest BCUT2D eigenvalue weighted by Gasteiger charge is 2.32. The van der Waals surface area contributed by atoms with Gasteiger partial charge in [-0.2, -0.15) is 0 Å². The fourth-order valence-electron chi connectivity index (χ4n) is 3.90. The number of pyridine rings is 1. The molecule has 0 saturated heterocycles. The molecule has 0 spiro atoms. The molecule has 3 rings (SSSR count). The number of benzene rings is 1. The van der Waals surface area contributed by atoms with Crippen LogP contribution in [0.4, 0.5) is 0 Å². The first kappa shape index (κ1) is 17.7. The van der Waals surface area contributed by atoms with Crippen molar-refractivity contribution in [2.45, 2.75) is 52.1 Å². The quantitative estimate of drug-likeness (QED) is 0.711. The third kappa shape index (κ3) is 4.12. The maximum Gasteiger partial charge on any atom is 0.309 e. The number of aromatic nitrogens is 1. The molecule has 0 bridgehead atoms. The van der Waals surface area contributed by atoms with Gasteiger partial charge in [0.2, 0.25) is 0 Å². The van der Waals surface area contributed by atoms with Crippen molar-refractivity contribution in [3.05, 3.63) is 36.5 Å². The Bertz CT molecular complexity index is 702. The summed E-state index contributed by atoms with van der Waals surface area (Å²) in [7, 11) is 0. The van der Waals surface area contributed by atoms with Gasteiger partial charge < -0.3 is 9.47 Å². The van der Waals surface area contributed by atoms with E-state index < -0.39 is 0 Å². The van der Waals surface area contributed by atoms with Crippen molar-refractivity contribution in [3.8, 4) is 5.75 Å². The highest BCUT2D eigenvalue weighted by Crippen LogP contribution is 2.35. The van der Waals surface area contributed by atoms with E-state index in [1.807, 2.05) is 31.2 Å². The zero-order chi connectivity index (χ0) is 17.6. The Labute approximate surface area is 149 Å². The molecular formula is C21H27NO3. The Balaban J connectivity index is 1.61. The summed E-state index contributed by atoms with van der Waals surface area (Å²) in [6, 6.07) is 10.0. The van der Waals surface area contributed by atoms with Gasteiger partial charge in [-0.25, -0.2) is 0 Å². The lowest BCUT2D eigenvalue weighted by molar-refractivity contribution is -0.150. The number of ether oxygens (including phenoxy) is 2. The third-order valence-electron chi connectivity index (χ3n) is 5.22. The molecule has 1 fully saturated rings. The van der Waals surface area contributed by atoms with Crippen LogP contribution in [0.2, 0.25) is 0 Å². The van der Waals surface area contributed by atoms with Gasteiger partial charge in [0, 0.05) is 11.6 Å². The van der Waals surface area contributed by atoms with Gasteiger partial charge in [-0.15, -0.1) is 0 Å². The number of para-hydroxylation sites is 1. The lowest BCUT2D eigenvalue weighted by atomic mass is 9.78. The number of carbonyl (C=O) groups excluding carboxylic acids is 1. The predicted octanol–water partition coefficient (Wildman–Crippen LogP) is 4.76. The van der Waals surface area contributed by atoms with E-state index in [0.717, 1.165) is 48.8 Å². The fourth-order valence-corrected chi connectivity index (χ4v) is 3.90. The van der Waals surface area contributed by atoms with E-state index in [0.29, 0.717) is 12.5 Å². The topological polar surface area (TPSA) is 48.4 Å². The normalized spacial score (nSPS) is 21.7. The van der Waals surface area contributed by atoms with Crippen LogP contribution < -0.4 is 4.74 Å². The number of esters is 1. The summed E-state index contributed by atoms with van der Waals surface area (Å²) in [4.78, 5) is 16.5. The van der Waals surface area contributed by atoms with Gasteiger partial charge in [-0.3, -0.25) is 9.78 Å². The largest absolute Gasteiger partial charge is 0.490 e. The molecule has 1 aromatic carbocycles. The smallest absolute Gasteiger partial charge is 0.309 e. The molecule has 0 amide bonds. The van der Waals surface area contributed by atoms with Gasteiger partial charge in [0.15, 0.2) is 0 Å². The minimum atomic E-state index is -0.0329. The van der Waals surface area contributed by atoms with Crippen molar-refractivity contribution in [1.82, 2.24) is 4.98 Å². The summed E-state index contributed by atoms with van der Waals surface area (Å²) in [5.74, 6) is 1.32. The summed E-state index contributed by atoms with van der Waals surface area (Å²) < 4.78 is 11.5. The average Bonchev–Trinajstić information content (AvgIpc) is 2.64. The molecule has 0 N–H and O–H groups in total. The molecule has 1 atom stereocenters. The van der Waals surface area contributed by atoms with Crippen molar-refractivity contribution in [3.63, 3.8) is 0 Å². The molecule has 2 aromatic rings. The number of fused-ring (bicyclic) bond motifs is 1. The van der Waals surface area contributed by atoms with E-state index >= 15 is 0 Å². The summed E-state index contributed by atoms with van der Waals surface area (Å²) in [5, 5.41) is 1.06. The Morgan fingerprint density at radius 3 is 2.64 bits per heavy atom. The van der Waals surface area contributed by atoms with E-state index in [9.17, 15) is 4.79 Å². The molecule has 0 radical (unpaired) electrons. The molecule has 0 aliphatic heterocycles. The van der Waals surface area contributed by atoms with Crippen LogP contribution in [0, 0.1) is 11.8 Å². The first-order chi connectivity index (χ1) is 12.2. The monoisotopic (exact) mass is 341 g/mol. The zero-order valence-electron chi connectivity index (χ0n) is 15.1. The van der Waals surface area contributed by atoms with Crippen LogP contribution in [0.15, 0.2) is 36.5 Å².